The Balaban J connectivity index is 1.94. The minimum atomic E-state index is -0.245. The smallest absolute Gasteiger partial charge is 0.260 e. The van der Waals surface area contributed by atoms with E-state index in [1.54, 1.807) is 24.4 Å². The second kappa shape index (κ2) is 4.93. The second-order valence-electron chi connectivity index (χ2n) is 4.87. The van der Waals surface area contributed by atoms with Gasteiger partial charge in [0.25, 0.3) is 5.56 Å². The monoisotopic (exact) mass is 285 g/mol. The van der Waals surface area contributed by atoms with Crippen molar-refractivity contribution in [3.63, 3.8) is 0 Å². The first-order valence-corrected chi connectivity index (χ1v) is 6.51. The summed E-state index contributed by atoms with van der Waals surface area (Å²) in [6, 6.07) is 4.81. The van der Waals surface area contributed by atoms with Gasteiger partial charge in [-0.1, -0.05) is 0 Å². The highest BCUT2D eigenvalue weighted by Gasteiger charge is 2.13. The molecule has 0 radical (unpaired) electrons. The molecule has 0 saturated heterocycles. The van der Waals surface area contributed by atoms with E-state index >= 15 is 0 Å². The number of nitrogens with zero attached hydrogens (tertiary/aromatic N) is 2. The average molecular weight is 285 g/mol. The number of aromatic nitrogens is 3. The maximum Gasteiger partial charge on any atom is 0.260 e. The number of nitrogens with one attached hydrogen (secondary N) is 2. The second-order valence-corrected chi connectivity index (χ2v) is 4.87. The Hall–Kier alpha value is -2.83. The van der Waals surface area contributed by atoms with Gasteiger partial charge < -0.3 is 15.5 Å². The van der Waals surface area contributed by atoms with E-state index in [1.165, 1.54) is 0 Å². The Morgan fingerprint density at radius 2 is 2.24 bits per heavy atom. The van der Waals surface area contributed by atoms with Gasteiger partial charge in [-0.3, -0.25) is 9.78 Å². The molecule has 1 aromatic carbocycles. The Labute approximate surface area is 120 Å². The Morgan fingerprint density at radius 1 is 1.43 bits per heavy atom. The van der Waals surface area contributed by atoms with Crippen molar-refractivity contribution in [3.05, 3.63) is 46.4 Å². The van der Waals surface area contributed by atoms with Crippen LogP contribution in [0.1, 0.15) is 24.6 Å². The third-order valence-corrected chi connectivity index (χ3v) is 3.09. The molecule has 0 aliphatic carbocycles. The number of rotatable bonds is 3. The predicted molar refractivity (Wildman–Crippen MR) is 80.1 cm³/mol. The van der Waals surface area contributed by atoms with Gasteiger partial charge in [-0.05, 0) is 32.0 Å². The summed E-state index contributed by atoms with van der Waals surface area (Å²) in [5, 5.41) is 3.52. The van der Waals surface area contributed by atoms with Gasteiger partial charge in [0.1, 0.15) is 11.8 Å². The van der Waals surface area contributed by atoms with Crippen LogP contribution in [-0.2, 0) is 0 Å². The van der Waals surface area contributed by atoms with E-state index in [2.05, 4.69) is 20.3 Å². The molecular formula is C14H15N5O2. The minimum Gasteiger partial charge on any atom is -0.444 e. The summed E-state index contributed by atoms with van der Waals surface area (Å²) in [6.45, 7) is 3.70. The summed E-state index contributed by atoms with van der Waals surface area (Å²) in [6.07, 6.45) is 1.65. The number of oxazole rings is 1. The molecular weight excluding hydrogens is 270 g/mol. The van der Waals surface area contributed by atoms with Gasteiger partial charge in [-0.15, -0.1) is 0 Å². The molecule has 4 N–H and O–H groups in total. The quantitative estimate of drug-likeness (QED) is 0.635. The van der Waals surface area contributed by atoms with Crippen molar-refractivity contribution in [1.29, 1.82) is 0 Å². The Kier molecular flexibility index (Phi) is 3.09. The number of aryl methyl sites for hydroxylation is 1. The van der Waals surface area contributed by atoms with Crippen LogP contribution in [0.3, 0.4) is 0 Å². The van der Waals surface area contributed by atoms with E-state index in [4.69, 9.17) is 10.2 Å². The highest BCUT2D eigenvalue weighted by Crippen LogP contribution is 2.18. The van der Waals surface area contributed by atoms with E-state index in [0.29, 0.717) is 28.4 Å². The molecule has 1 atom stereocenters. The first-order chi connectivity index (χ1) is 10.0. The molecule has 0 amide bonds. The van der Waals surface area contributed by atoms with E-state index < -0.39 is 0 Å². The van der Waals surface area contributed by atoms with Gasteiger partial charge in [-0.25, -0.2) is 9.97 Å². The van der Waals surface area contributed by atoms with Crippen LogP contribution in [0, 0.1) is 6.92 Å². The Morgan fingerprint density at radius 3 is 2.95 bits per heavy atom. The number of benzene rings is 1. The molecule has 108 valence electrons. The van der Waals surface area contributed by atoms with Crippen LogP contribution in [-0.4, -0.2) is 15.0 Å². The molecule has 3 aromatic rings. The van der Waals surface area contributed by atoms with E-state index in [-0.39, 0.29) is 11.6 Å². The van der Waals surface area contributed by atoms with Gasteiger partial charge in [-0.2, -0.15) is 0 Å². The summed E-state index contributed by atoms with van der Waals surface area (Å²) in [5.74, 6) is 1.63. The van der Waals surface area contributed by atoms with Crippen molar-refractivity contribution in [1.82, 2.24) is 15.0 Å². The number of aromatic amines is 1. The third kappa shape index (κ3) is 2.58. The lowest BCUT2D eigenvalue weighted by Crippen LogP contribution is -2.16. The van der Waals surface area contributed by atoms with Crippen molar-refractivity contribution in [2.75, 3.05) is 11.1 Å². The highest BCUT2D eigenvalue weighted by atomic mass is 16.4. The molecule has 1 unspecified atom stereocenters. The van der Waals surface area contributed by atoms with Gasteiger partial charge >= 0.3 is 0 Å². The minimum absolute atomic E-state index is 0.215. The van der Waals surface area contributed by atoms with Crippen LogP contribution in [0.25, 0.3) is 10.9 Å². The van der Waals surface area contributed by atoms with E-state index in [1.807, 2.05) is 13.8 Å². The lowest BCUT2D eigenvalue weighted by Gasteiger charge is -2.11. The van der Waals surface area contributed by atoms with Crippen LogP contribution in [0.4, 0.5) is 11.6 Å². The first-order valence-electron chi connectivity index (χ1n) is 6.51. The SMILES string of the molecule is Cc1cnc(C(C)Nc2nc3ccc(N)cc3c(=O)[nH]2)o1. The molecule has 0 fully saturated rings. The van der Waals surface area contributed by atoms with Crippen molar-refractivity contribution < 1.29 is 4.42 Å². The maximum atomic E-state index is 12.0. The van der Waals surface area contributed by atoms with Gasteiger partial charge in [0.2, 0.25) is 11.8 Å². The molecule has 3 rings (SSSR count). The lowest BCUT2D eigenvalue weighted by molar-refractivity contribution is 0.453. The highest BCUT2D eigenvalue weighted by molar-refractivity contribution is 5.81. The molecule has 0 saturated carbocycles. The van der Waals surface area contributed by atoms with Crippen molar-refractivity contribution in [2.45, 2.75) is 19.9 Å². The van der Waals surface area contributed by atoms with Gasteiger partial charge in [0.05, 0.1) is 17.1 Å². The summed E-state index contributed by atoms with van der Waals surface area (Å²) in [5.41, 5.74) is 6.53. The molecule has 2 aromatic heterocycles. The number of hydrogen-bond donors (Lipinski definition) is 3. The fraction of sp³-hybridized carbons (Fsp3) is 0.214. The van der Waals surface area contributed by atoms with Gasteiger partial charge in [0, 0.05) is 5.69 Å². The number of H-pyrrole nitrogens is 1. The van der Waals surface area contributed by atoms with Crippen molar-refractivity contribution in [3.8, 4) is 0 Å². The summed E-state index contributed by atoms with van der Waals surface area (Å²) in [7, 11) is 0. The van der Waals surface area contributed by atoms with Crippen LogP contribution in [0.15, 0.2) is 33.6 Å². The zero-order valence-electron chi connectivity index (χ0n) is 11.7. The molecule has 0 bridgehead atoms. The molecule has 0 aliphatic heterocycles. The lowest BCUT2D eigenvalue weighted by atomic mass is 10.2. The van der Waals surface area contributed by atoms with Crippen LogP contribution < -0.4 is 16.6 Å². The number of nitrogen functional groups attached to an aromatic ring is 1. The number of anilines is 2. The van der Waals surface area contributed by atoms with E-state index in [9.17, 15) is 4.79 Å². The van der Waals surface area contributed by atoms with Crippen molar-refractivity contribution >= 4 is 22.5 Å². The fourth-order valence-corrected chi connectivity index (χ4v) is 2.06. The number of hydrogen-bond acceptors (Lipinski definition) is 6. The van der Waals surface area contributed by atoms with Crippen LogP contribution in [0.2, 0.25) is 0 Å². The summed E-state index contributed by atoms with van der Waals surface area (Å²) in [4.78, 5) is 23.2. The topological polar surface area (TPSA) is 110 Å². The molecule has 7 nitrogen and oxygen atoms in total. The van der Waals surface area contributed by atoms with Gasteiger partial charge in [0.15, 0.2) is 0 Å². The van der Waals surface area contributed by atoms with Crippen molar-refractivity contribution in [2.24, 2.45) is 0 Å². The predicted octanol–water partition coefficient (Wildman–Crippen LogP) is 1.97. The first kappa shape index (κ1) is 13.2. The largest absolute Gasteiger partial charge is 0.444 e. The molecule has 2 heterocycles. The number of nitrogens with two attached hydrogens (primary N) is 1. The van der Waals surface area contributed by atoms with Crippen LogP contribution in [0.5, 0.6) is 0 Å². The molecule has 0 aliphatic rings. The normalized spacial score (nSPS) is 12.5. The molecule has 7 heteroatoms. The zero-order valence-corrected chi connectivity index (χ0v) is 11.7. The zero-order chi connectivity index (χ0) is 15.0. The average Bonchev–Trinajstić information content (AvgIpc) is 2.86. The fourth-order valence-electron chi connectivity index (χ4n) is 2.06. The molecule has 0 spiro atoms. The Bertz CT molecular complexity index is 852. The number of fused-ring (bicyclic) bond motifs is 1. The summed E-state index contributed by atoms with van der Waals surface area (Å²) < 4.78 is 5.44. The summed E-state index contributed by atoms with van der Waals surface area (Å²) >= 11 is 0. The standard InChI is InChI=1S/C14H15N5O2/c1-7-6-16-13(21-7)8(2)17-14-18-11-4-3-9(15)5-10(11)12(20)19-14/h3-6,8H,15H2,1-2H3,(H2,17,18,19,20). The molecule has 21 heavy (non-hydrogen) atoms. The maximum absolute atomic E-state index is 12.0. The third-order valence-electron chi connectivity index (χ3n) is 3.09. The van der Waals surface area contributed by atoms with Crippen LogP contribution >= 0.6 is 0 Å². The van der Waals surface area contributed by atoms with E-state index in [0.717, 1.165) is 5.76 Å².